The zero-order valence-electron chi connectivity index (χ0n) is 21.0. The van der Waals surface area contributed by atoms with Crippen molar-refractivity contribution in [3.8, 4) is 23.0 Å². The molecule has 0 unspecified atom stereocenters. The third-order valence-corrected chi connectivity index (χ3v) is 5.77. The van der Waals surface area contributed by atoms with Gasteiger partial charge in [0.1, 0.15) is 11.4 Å². The summed E-state index contributed by atoms with van der Waals surface area (Å²) in [5, 5.41) is 3.49. The van der Waals surface area contributed by atoms with Crippen LogP contribution >= 0.6 is 0 Å². The van der Waals surface area contributed by atoms with E-state index in [9.17, 15) is 14.4 Å². The van der Waals surface area contributed by atoms with Crippen molar-refractivity contribution in [1.82, 2.24) is 15.0 Å². The fourth-order valence-corrected chi connectivity index (χ4v) is 4.07. The topological polar surface area (TPSA) is 117 Å². The lowest BCUT2D eigenvalue weighted by Gasteiger charge is -2.28. The van der Waals surface area contributed by atoms with E-state index < -0.39 is 18.0 Å². The van der Waals surface area contributed by atoms with E-state index in [2.05, 4.69) is 4.98 Å². The first-order valence-electron chi connectivity index (χ1n) is 11.6. The smallest absolute Gasteiger partial charge is 0.496 e. The first kappa shape index (κ1) is 25.5. The summed E-state index contributed by atoms with van der Waals surface area (Å²) in [6.45, 7) is 2.42. The van der Waals surface area contributed by atoms with Crippen molar-refractivity contribution in [3.05, 3.63) is 53.7 Å². The molecule has 4 rings (SSSR count). The standard InChI is InChI=1S/C26H27N3O8/c1-5-36-26(32)37-23-21(34-3)13-16(14-22(23)35-4)24(30)28-11-8-12-29(28)25(31)19-15-20(33-2)17-9-6-7-10-18(17)27-19/h6-7,9-10,13-15H,5,8,11-12H2,1-4H3. The Morgan fingerprint density at radius 3 is 2.11 bits per heavy atom. The average molecular weight is 510 g/mol. The highest BCUT2D eigenvalue weighted by molar-refractivity contribution is 6.01. The number of para-hydroxylation sites is 1. The van der Waals surface area contributed by atoms with E-state index in [0.717, 1.165) is 5.39 Å². The number of hydrogen-bond donors (Lipinski definition) is 0. The molecule has 1 aliphatic rings. The zero-order valence-corrected chi connectivity index (χ0v) is 21.0. The molecule has 11 nitrogen and oxygen atoms in total. The van der Waals surface area contributed by atoms with Crippen LogP contribution in [0.4, 0.5) is 4.79 Å². The lowest BCUT2D eigenvalue weighted by molar-refractivity contribution is 0.0182. The van der Waals surface area contributed by atoms with Crippen molar-refractivity contribution in [2.75, 3.05) is 41.0 Å². The quantitative estimate of drug-likeness (QED) is 0.347. The van der Waals surface area contributed by atoms with Crippen LogP contribution in [0.2, 0.25) is 0 Å². The SMILES string of the molecule is CCOC(=O)Oc1c(OC)cc(C(=O)N2CCCN2C(=O)c2cc(OC)c3ccccc3n2)cc1OC. The van der Waals surface area contributed by atoms with Crippen molar-refractivity contribution in [1.29, 1.82) is 0 Å². The molecule has 1 fully saturated rings. The molecule has 0 N–H and O–H groups in total. The second-order valence-corrected chi connectivity index (χ2v) is 7.93. The molecule has 2 heterocycles. The number of amides is 2. The van der Waals surface area contributed by atoms with Crippen molar-refractivity contribution < 1.29 is 38.1 Å². The van der Waals surface area contributed by atoms with E-state index in [0.29, 0.717) is 30.8 Å². The molecule has 0 atom stereocenters. The van der Waals surface area contributed by atoms with Crippen LogP contribution in [0.1, 0.15) is 34.2 Å². The van der Waals surface area contributed by atoms with Crippen LogP contribution in [0.5, 0.6) is 23.0 Å². The highest BCUT2D eigenvalue weighted by atomic mass is 16.7. The van der Waals surface area contributed by atoms with Crippen LogP contribution in [-0.2, 0) is 4.74 Å². The van der Waals surface area contributed by atoms with Crippen LogP contribution in [0.15, 0.2) is 42.5 Å². The Bertz CT molecular complexity index is 1320. The van der Waals surface area contributed by atoms with Crippen LogP contribution in [0, 0.1) is 0 Å². The van der Waals surface area contributed by atoms with Crippen LogP contribution in [0.25, 0.3) is 10.9 Å². The van der Waals surface area contributed by atoms with Gasteiger partial charge in [0.15, 0.2) is 11.5 Å². The zero-order chi connectivity index (χ0) is 26.5. The van der Waals surface area contributed by atoms with Gasteiger partial charge in [-0.05, 0) is 37.6 Å². The van der Waals surface area contributed by atoms with Crippen molar-refractivity contribution >= 4 is 28.9 Å². The molecule has 0 spiro atoms. The molecule has 1 saturated heterocycles. The van der Waals surface area contributed by atoms with Crippen LogP contribution in [-0.4, -0.2) is 74.0 Å². The molecule has 2 amide bonds. The minimum absolute atomic E-state index is 0.0261. The molecule has 1 aliphatic heterocycles. The fourth-order valence-electron chi connectivity index (χ4n) is 4.07. The summed E-state index contributed by atoms with van der Waals surface area (Å²) in [6.07, 6.45) is -0.353. The number of carbonyl (C=O) groups is 3. The number of carbonyl (C=O) groups excluding carboxylic acids is 3. The van der Waals surface area contributed by atoms with Crippen molar-refractivity contribution in [2.24, 2.45) is 0 Å². The monoisotopic (exact) mass is 509 g/mol. The number of hydrazine groups is 1. The maximum absolute atomic E-state index is 13.5. The Morgan fingerprint density at radius 1 is 0.865 bits per heavy atom. The first-order valence-corrected chi connectivity index (χ1v) is 11.6. The highest BCUT2D eigenvalue weighted by Crippen LogP contribution is 2.39. The average Bonchev–Trinajstić information content (AvgIpc) is 3.41. The number of ether oxygens (including phenoxy) is 5. The molecule has 3 aromatic rings. The van der Waals surface area contributed by atoms with Gasteiger partial charge in [0.2, 0.25) is 5.75 Å². The van der Waals surface area contributed by atoms with Gasteiger partial charge in [-0.1, -0.05) is 12.1 Å². The van der Waals surface area contributed by atoms with E-state index in [-0.39, 0.29) is 35.1 Å². The molecule has 2 aromatic carbocycles. The van der Waals surface area contributed by atoms with E-state index in [4.69, 9.17) is 23.7 Å². The number of nitrogens with zero attached hydrogens (tertiary/aromatic N) is 3. The fraction of sp³-hybridized carbons (Fsp3) is 0.308. The van der Waals surface area contributed by atoms with E-state index in [1.165, 1.54) is 43.5 Å². The number of benzene rings is 2. The van der Waals surface area contributed by atoms with Gasteiger partial charge >= 0.3 is 6.16 Å². The Morgan fingerprint density at radius 2 is 1.49 bits per heavy atom. The number of aromatic nitrogens is 1. The second-order valence-electron chi connectivity index (χ2n) is 7.93. The van der Waals surface area contributed by atoms with Gasteiger partial charge in [-0.2, -0.15) is 0 Å². The molecular weight excluding hydrogens is 482 g/mol. The number of fused-ring (bicyclic) bond motifs is 1. The van der Waals surface area contributed by atoms with Crippen LogP contribution < -0.4 is 18.9 Å². The maximum Gasteiger partial charge on any atom is 0.514 e. The number of pyridine rings is 1. The van der Waals surface area contributed by atoms with Gasteiger partial charge in [-0.25, -0.2) is 19.8 Å². The summed E-state index contributed by atoms with van der Waals surface area (Å²) in [5.41, 5.74) is 0.936. The van der Waals surface area contributed by atoms with Crippen molar-refractivity contribution in [2.45, 2.75) is 13.3 Å². The lowest BCUT2D eigenvalue weighted by Crippen LogP contribution is -2.45. The van der Waals surface area contributed by atoms with E-state index >= 15 is 0 Å². The summed E-state index contributed by atoms with van der Waals surface area (Å²) in [7, 11) is 4.26. The minimum atomic E-state index is -0.937. The van der Waals surface area contributed by atoms with Gasteiger partial charge in [0.05, 0.1) is 33.5 Å². The second kappa shape index (κ2) is 11.0. The van der Waals surface area contributed by atoms with Gasteiger partial charge in [-0.3, -0.25) is 9.59 Å². The molecule has 0 radical (unpaired) electrons. The van der Waals surface area contributed by atoms with Gasteiger partial charge in [0.25, 0.3) is 11.8 Å². The Balaban J connectivity index is 1.65. The lowest BCUT2D eigenvalue weighted by atomic mass is 10.1. The summed E-state index contributed by atoms with van der Waals surface area (Å²) in [6, 6.07) is 11.7. The Hall–Kier alpha value is -4.54. The molecule has 194 valence electrons. The van der Waals surface area contributed by atoms with Crippen LogP contribution in [0.3, 0.4) is 0 Å². The summed E-state index contributed by atoms with van der Waals surface area (Å²) in [5.74, 6) is -0.226. The highest BCUT2D eigenvalue weighted by Gasteiger charge is 2.34. The predicted molar refractivity (Wildman–Crippen MR) is 132 cm³/mol. The summed E-state index contributed by atoms with van der Waals surface area (Å²) in [4.78, 5) is 43.4. The maximum atomic E-state index is 13.5. The van der Waals surface area contributed by atoms with E-state index in [1.807, 2.05) is 18.2 Å². The molecular formula is C26H27N3O8. The number of rotatable bonds is 7. The summed E-state index contributed by atoms with van der Waals surface area (Å²) < 4.78 is 26.2. The predicted octanol–water partition coefficient (Wildman–Crippen LogP) is 3.70. The summed E-state index contributed by atoms with van der Waals surface area (Å²) >= 11 is 0. The molecule has 0 bridgehead atoms. The van der Waals surface area contributed by atoms with Gasteiger partial charge < -0.3 is 23.7 Å². The number of methoxy groups -OCH3 is 3. The van der Waals surface area contributed by atoms with E-state index in [1.54, 1.807) is 19.1 Å². The third kappa shape index (κ3) is 5.06. The Kier molecular flexibility index (Phi) is 7.61. The van der Waals surface area contributed by atoms with Gasteiger partial charge in [-0.15, -0.1) is 0 Å². The normalized spacial score (nSPS) is 12.9. The number of hydrogen-bond acceptors (Lipinski definition) is 9. The van der Waals surface area contributed by atoms with Crippen molar-refractivity contribution in [3.63, 3.8) is 0 Å². The molecule has 0 aliphatic carbocycles. The first-order chi connectivity index (χ1) is 17.9. The largest absolute Gasteiger partial charge is 0.514 e. The third-order valence-electron chi connectivity index (χ3n) is 5.77. The molecule has 11 heteroatoms. The Labute approximate surface area is 213 Å². The molecule has 0 saturated carbocycles. The molecule has 1 aromatic heterocycles. The van der Waals surface area contributed by atoms with Gasteiger partial charge in [0, 0.05) is 30.1 Å². The molecule has 37 heavy (non-hydrogen) atoms. The minimum Gasteiger partial charge on any atom is -0.496 e.